The van der Waals surface area contributed by atoms with Crippen LogP contribution < -0.4 is 5.32 Å². The van der Waals surface area contributed by atoms with Gasteiger partial charge in [-0.2, -0.15) is 5.10 Å². The van der Waals surface area contributed by atoms with E-state index >= 15 is 0 Å². The number of rotatable bonds is 6. The van der Waals surface area contributed by atoms with Gasteiger partial charge in [-0.15, -0.1) is 0 Å². The minimum Gasteiger partial charge on any atom is -0.504 e. The van der Waals surface area contributed by atoms with Crippen LogP contribution in [0.25, 0.3) is 5.69 Å². The molecular weight excluding hydrogens is 317 g/mol. The van der Waals surface area contributed by atoms with Gasteiger partial charge in [-0.1, -0.05) is 13.3 Å². The fourth-order valence-electron chi connectivity index (χ4n) is 2.30. The maximum atomic E-state index is 13.2. The smallest absolute Gasteiger partial charge is 0.326 e. The maximum Gasteiger partial charge on any atom is 0.326 e. The monoisotopic (exact) mass is 335 g/mol. The SMILES string of the molecule is CCCC(NC(=O)c1nn(-c2ccc(F)cc2C)cc1O)C(=O)O. The van der Waals surface area contributed by atoms with E-state index in [-0.39, 0.29) is 12.1 Å². The van der Waals surface area contributed by atoms with E-state index in [1.807, 2.05) is 0 Å². The van der Waals surface area contributed by atoms with E-state index in [4.69, 9.17) is 5.11 Å². The lowest BCUT2D eigenvalue weighted by atomic mass is 10.1. The van der Waals surface area contributed by atoms with Crippen molar-refractivity contribution >= 4 is 11.9 Å². The predicted molar refractivity (Wildman–Crippen MR) is 83.7 cm³/mol. The maximum absolute atomic E-state index is 13.2. The Morgan fingerprint density at radius 1 is 1.42 bits per heavy atom. The topological polar surface area (TPSA) is 104 Å². The molecule has 0 bridgehead atoms. The lowest BCUT2D eigenvalue weighted by Gasteiger charge is -2.12. The number of aromatic hydroxyl groups is 1. The second kappa shape index (κ2) is 7.12. The molecule has 1 aromatic carbocycles. The molecule has 0 aliphatic carbocycles. The molecule has 0 aliphatic heterocycles. The van der Waals surface area contributed by atoms with Crippen molar-refractivity contribution in [1.29, 1.82) is 0 Å². The quantitative estimate of drug-likeness (QED) is 0.749. The number of hydrogen-bond donors (Lipinski definition) is 3. The molecule has 0 aliphatic rings. The van der Waals surface area contributed by atoms with Crippen molar-refractivity contribution in [2.45, 2.75) is 32.7 Å². The van der Waals surface area contributed by atoms with E-state index in [0.29, 0.717) is 17.7 Å². The zero-order chi connectivity index (χ0) is 17.9. The molecular formula is C16H18FN3O4. The molecule has 1 atom stereocenters. The Morgan fingerprint density at radius 3 is 2.71 bits per heavy atom. The number of hydrogen-bond acceptors (Lipinski definition) is 4. The van der Waals surface area contributed by atoms with Crippen molar-refractivity contribution in [1.82, 2.24) is 15.1 Å². The summed E-state index contributed by atoms with van der Waals surface area (Å²) >= 11 is 0. The normalized spacial score (nSPS) is 12.0. The molecule has 0 fully saturated rings. The second-order valence-corrected chi connectivity index (χ2v) is 5.39. The summed E-state index contributed by atoms with van der Waals surface area (Å²) in [6.07, 6.45) is 2.05. The molecule has 1 unspecified atom stereocenters. The van der Waals surface area contributed by atoms with E-state index in [1.165, 1.54) is 29.1 Å². The molecule has 24 heavy (non-hydrogen) atoms. The molecule has 1 amide bonds. The zero-order valence-corrected chi connectivity index (χ0v) is 13.3. The third-order valence-corrected chi connectivity index (χ3v) is 3.50. The highest BCUT2D eigenvalue weighted by Gasteiger charge is 2.24. The first kappa shape index (κ1) is 17.5. The Bertz CT molecular complexity index is 773. The molecule has 2 aromatic rings. The number of amides is 1. The average molecular weight is 335 g/mol. The predicted octanol–water partition coefficient (Wildman–Crippen LogP) is 2.01. The van der Waals surface area contributed by atoms with Crippen LogP contribution in [0.3, 0.4) is 0 Å². The van der Waals surface area contributed by atoms with Crippen LogP contribution in [0.1, 0.15) is 35.8 Å². The summed E-state index contributed by atoms with van der Waals surface area (Å²) in [4.78, 5) is 23.3. The highest BCUT2D eigenvalue weighted by molar-refractivity contribution is 5.97. The summed E-state index contributed by atoms with van der Waals surface area (Å²) in [6, 6.07) is 2.95. The number of carbonyl (C=O) groups is 2. The van der Waals surface area contributed by atoms with Crippen LogP contribution in [0.2, 0.25) is 0 Å². The summed E-state index contributed by atoms with van der Waals surface area (Å²) in [5.74, 6) is -2.74. The number of carboxylic acid groups (broad SMARTS) is 1. The third kappa shape index (κ3) is 3.70. The van der Waals surface area contributed by atoms with E-state index in [2.05, 4.69) is 10.4 Å². The number of aliphatic carboxylic acids is 1. The number of benzene rings is 1. The number of nitrogens with one attached hydrogen (secondary N) is 1. The zero-order valence-electron chi connectivity index (χ0n) is 13.3. The molecule has 2 rings (SSSR count). The average Bonchev–Trinajstić information content (AvgIpc) is 2.88. The minimum atomic E-state index is -1.15. The van der Waals surface area contributed by atoms with Crippen molar-refractivity contribution in [3.8, 4) is 11.4 Å². The van der Waals surface area contributed by atoms with E-state index < -0.39 is 29.5 Å². The van der Waals surface area contributed by atoms with E-state index in [0.717, 1.165) is 0 Å². The Balaban J connectivity index is 2.28. The largest absolute Gasteiger partial charge is 0.504 e. The first-order valence-electron chi connectivity index (χ1n) is 7.42. The number of halogens is 1. The summed E-state index contributed by atoms with van der Waals surface area (Å²) < 4.78 is 14.4. The lowest BCUT2D eigenvalue weighted by molar-refractivity contribution is -0.139. The van der Waals surface area contributed by atoms with Gasteiger partial charge >= 0.3 is 5.97 Å². The molecule has 3 N–H and O–H groups in total. The summed E-state index contributed by atoms with van der Waals surface area (Å²) in [7, 11) is 0. The Morgan fingerprint density at radius 2 is 2.12 bits per heavy atom. The standard InChI is InChI=1S/C16H18FN3O4/c1-3-4-11(16(23)24)18-15(22)14-13(21)8-20(19-14)12-6-5-10(17)7-9(12)2/h5-8,11,21H,3-4H2,1-2H3,(H,18,22)(H,23,24). The van der Waals surface area contributed by atoms with Crippen molar-refractivity contribution in [3.63, 3.8) is 0 Å². The van der Waals surface area contributed by atoms with Crippen molar-refractivity contribution in [2.24, 2.45) is 0 Å². The fraction of sp³-hybridized carbons (Fsp3) is 0.312. The first-order valence-corrected chi connectivity index (χ1v) is 7.42. The highest BCUT2D eigenvalue weighted by atomic mass is 19.1. The molecule has 0 radical (unpaired) electrons. The van der Waals surface area contributed by atoms with Crippen LogP contribution >= 0.6 is 0 Å². The van der Waals surface area contributed by atoms with Gasteiger partial charge in [0.2, 0.25) is 0 Å². The lowest BCUT2D eigenvalue weighted by Crippen LogP contribution is -2.40. The summed E-state index contributed by atoms with van der Waals surface area (Å²) in [5.41, 5.74) is 0.772. The molecule has 8 heteroatoms. The van der Waals surface area contributed by atoms with E-state index in [1.54, 1.807) is 13.8 Å². The Kier molecular flexibility index (Phi) is 5.18. The molecule has 7 nitrogen and oxygen atoms in total. The van der Waals surface area contributed by atoms with Gasteiger partial charge < -0.3 is 15.5 Å². The van der Waals surface area contributed by atoms with Gasteiger partial charge in [0.1, 0.15) is 11.9 Å². The number of aryl methyl sites for hydroxylation is 1. The molecule has 1 heterocycles. The van der Waals surface area contributed by atoms with Gasteiger partial charge in [-0.05, 0) is 37.1 Å². The van der Waals surface area contributed by atoms with Crippen LogP contribution in [0, 0.1) is 12.7 Å². The third-order valence-electron chi connectivity index (χ3n) is 3.50. The molecule has 128 valence electrons. The number of carbonyl (C=O) groups excluding carboxylic acids is 1. The van der Waals surface area contributed by atoms with Gasteiger partial charge in [0.25, 0.3) is 5.91 Å². The number of aromatic nitrogens is 2. The van der Waals surface area contributed by atoms with Crippen molar-refractivity contribution in [2.75, 3.05) is 0 Å². The first-order chi connectivity index (χ1) is 11.3. The Hall–Kier alpha value is -2.90. The van der Waals surface area contributed by atoms with Crippen molar-refractivity contribution < 1.29 is 24.2 Å². The second-order valence-electron chi connectivity index (χ2n) is 5.39. The van der Waals surface area contributed by atoms with Gasteiger partial charge in [0.05, 0.1) is 11.9 Å². The summed E-state index contributed by atoms with van der Waals surface area (Å²) in [5, 5.41) is 25.3. The van der Waals surface area contributed by atoms with Gasteiger partial charge in [-0.3, -0.25) is 4.79 Å². The molecule has 1 aromatic heterocycles. The van der Waals surface area contributed by atoms with Crippen LogP contribution in [-0.2, 0) is 4.79 Å². The molecule has 0 saturated carbocycles. The van der Waals surface area contributed by atoms with Gasteiger partial charge in [0.15, 0.2) is 11.4 Å². The highest BCUT2D eigenvalue weighted by Crippen LogP contribution is 2.21. The van der Waals surface area contributed by atoms with Crippen molar-refractivity contribution in [3.05, 3.63) is 41.5 Å². The number of carboxylic acids is 1. The summed E-state index contributed by atoms with van der Waals surface area (Å²) in [6.45, 7) is 3.46. The number of nitrogens with zero attached hydrogens (tertiary/aromatic N) is 2. The fourth-order valence-corrected chi connectivity index (χ4v) is 2.30. The molecule has 0 saturated heterocycles. The van der Waals surface area contributed by atoms with Gasteiger partial charge in [0, 0.05) is 0 Å². The molecule has 0 spiro atoms. The van der Waals surface area contributed by atoms with E-state index in [9.17, 15) is 19.1 Å². The van der Waals surface area contributed by atoms with Crippen LogP contribution in [0.15, 0.2) is 24.4 Å². The van der Waals surface area contributed by atoms with Crippen LogP contribution in [-0.4, -0.2) is 37.9 Å². The van der Waals surface area contributed by atoms with Crippen LogP contribution in [0.5, 0.6) is 5.75 Å². The Labute approximate surface area is 137 Å². The van der Waals surface area contributed by atoms with Crippen LogP contribution in [0.4, 0.5) is 4.39 Å². The van der Waals surface area contributed by atoms with Gasteiger partial charge in [-0.25, -0.2) is 13.9 Å². The minimum absolute atomic E-state index is 0.264.